The monoisotopic (exact) mass is 191 g/mol. The molecule has 0 spiro atoms. The molecular weight excluding hydrogens is 170 g/mol. The van der Waals surface area contributed by atoms with Crippen LogP contribution in [0.2, 0.25) is 12.1 Å². The van der Waals surface area contributed by atoms with Crippen LogP contribution in [0.3, 0.4) is 0 Å². The van der Waals surface area contributed by atoms with Crippen molar-refractivity contribution in [2.75, 3.05) is 13.1 Å². The Hall–Kier alpha value is 0.0969. The zero-order valence-electron chi connectivity index (χ0n) is 8.14. The predicted molar refractivity (Wildman–Crippen MR) is 53.3 cm³/mol. The number of nitrogens with one attached hydrogen (secondary N) is 1. The molecule has 0 fully saturated rings. The lowest BCUT2D eigenvalue weighted by Crippen LogP contribution is -2.37. The van der Waals surface area contributed by atoms with E-state index in [0.717, 1.165) is 19.5 Å². The van der Waals surface area contributed by atoms with E-state index < -0.39 is 8.56 Å². The molecule has 3 N–H and O–H groups in total. The fourth-order valence-electron chi connectivity index (χ4n) is 0.892. The smallest absolute Gasteiger partial charge is 0.333 e. The zero-order chi connectivity index (χ0) is 9.45. The van der Waals surface area contributed by atoms with E-state index in [0.29, 0.717) is 12.1 Å². The van der Waals surface area contributed by atoms with Gasteiger partial charge in [-0.05, 0) is 25.6 Å². The van der Waals surface area contributed by atoms with Crippen LogP contribution >= 0.6 is 0 Å². The van der Waals surface area contributed by atoms with Crippen molar-refractivity contribution in [2.45, 2.75) is 38.8 Å². The molecule has 0 aliphatic carbocycles. The summed E-state index contributed by atoms with van der Waals surface area (Å²) in [5.74, 6) is 0. The summed E-state index contributed by atoms with van der Waals surface area (Å²) in [6.45, 7) is 5.71. The van der Waals surface area contributed by atoms with Gasteiger partial charge in [0.1, 0.15) is 0 Å². The van der Waals surface area contributed by atoms with Gasteiger partial charge in [0.05, 0.1) is 0 Å². The maximum atomic E-state index is 9.33. The molecule has 0 aromatic heterocycles. The fraction of sp³-hybridized carbons (Fsp3) is 1.00. The first-order valence-electron chi connectivity index (χ1n) is 4.78. The third kappa shape index (κ3) is 6.79. The SMILES string of the molecule is CCCCNCC[Si](O)(O)CC. The van der Waals surface area contributed by atoms with Crippen LogP contribution in [-0.2, 0) is 0 Å². The molecule has 0 amide bonds. The highest BCUT2D eigenvalue weighted by Crippen LogP contribution is 2.05. The third-order valence-electron chi connectivity index (χ3n) is 1.98. The van der Waals surface area contributed by atoms with Crippen LogP contribution in [0.25, 0.3) is 0 Å². The van der Waals surface area contributed by atoms with Gasteiger partial charge in [-0.1, -0.05) is 20.3 Å². The molecule has 0 saturated heterocycles. The Morgan fingerprint density at radius 2 is 1.83 bits per heavy atom. The van der Waals surface area contributed by atoms with Crippen LogP contribution in [0.15, 0.2) is 0 Å². The third-order valence-corrected chi connectivity index (χ3v) is 4.16. The summed E-state index contributed by atoms with van der Waals surface area (Å²) in [4.78, 5) is 18.7. The summed E-state index contributed by atoms with van der Waals surface area (Å²) in [7, 11) is -2.80. The lowest BCUT2D eigenvalue weighted by molar-refractivity contribution is 0.358. The Morgan fingerprint density at radius 1 is 1.17 bits per heavy atom. The Morgan fingerprint density at radius 3 is 2.33 bits per heavy atom. The first-order valence-corrected chi connectivity index (χ1v) is 7.08. The van der Waals surface area contributed by atoms with Gasteiger partial charge in [0.2, 0.25) is 0 Å². The predicted octanol–water partition coefficient (Wildman–Crippen LogP) is 0.823. The van der Waals surface area contributed by atoms with Crippen LogP contribution in [0, 0.1) is 0 Å². The summed E-state index contributed by atoms with van der Waals surface area (Å²) >= 11 is 0. The van der Waals surface area contributed by atoms with E-state index in [4.69, 9.17) is 0 Å². The molecule has 0 radical (unpaired) electrons. The second-order valence-corrected chi connectivity index (χ2v) is 6.36. The molecule has 0 unspecified atom stereocenters. The van der Waals surface area contributed by atoms with Gasteiger partial charge in [-0.3, -0.25) is 0 Å². The molecule has 0 bridgehead atoms. The quantitative estimate of drug-likeness (QED) is 0.412. The van der Waals surface area contributed by atoms with Gasteiger partial charge in [-0.2, -0.15) is 0 Å². The summed E-state index contributed by atoms with van der Waals surface area (Å²) < 4.78 is 0. The van der Waals surface area contributed by atoms with Crippen molar-refractivity contribution >= 4 is 8.56 Å². The molecule has 0 heterocycles. The van der Waals surface area contributed by atoms with E-state index in [1.54, 1.807) is 0 Å². The number of hydrogen-bond acceptors (Lipinski definition) is 3. The normalized spacial score (nSPS) is 12.0. The largest absolute Gasteiger partial charge is 0.411 e. The van der Waals surface area contributed by atoms with Crippen molar-refractivity contribution in [3.8, 4) is 0 Å². The Labute approximate surface area is 76.1 Å². The van der Waals surface area contributed by atoms with Gasteiger partial charge in [0, 0.05) is 6.04 Å². The molecule has 4 heteroatoms. The van der Waals surface area contributed by atoms with Crippen LogP contribution in [0.5, 0.6) is 0 Å². The van der Waals surface area contributed by atoms with Crippen LogP contribution in [-0.4, -0.2) is 31.2 Å². The zero-order valence-corrected chi connectivity index (χ0v) is 9.14. The van der Waals surface area contributed by atoms with Gasteiger partial charge in [0.25, 0.3) is 0 Å². The minimum atomic E-state index is -2.80. The molecule has 0 aliphatic rings. The van der Waals surface area contributed by atoms with Crippen LogP contribution in [0.1, 0.15) is 26.7 Å². The molecule has 0 saturated carbocycles. The molecule has 3 nitrogen and oxygen atoms in total. The highest BCUT2D eigenvalue weighted by Gasteiger charge is 2.24. The van der Waals surface area contributed by atoms with Crippen molar-refractivity contribution in [3.05, 3.63) is 0 Å². The fourth-order valence-corrected chi connectivity index (χ4v) is 1.82. The maximum absolute atomic E-state index is 9.33. The van der Waals surface area contributed by atoms with Gasteiger partial charge in [-0.25, -0.2) is 0 Å². The molecule has 0 atom stereocenters. The van der Waals surface area contributed by atoms with Crippen LogP contribution < -0.4 is 5.32 Å². The molecule has 0 aromatic rings. The molecule has 12 heavy (non-hydrogen) atoms. The van der Waals surface area contributed by atoms with E-state index in [9.17, 15) is 9.59 Å². The standard InChI is InChI=1S/C8H21NO2Si/c1-3-5-6-9-7-8-12(10,11)4-2/h9-11H,3-8H2,1-2H3. The molecule has 0 rings (SSSR count). The van der Waals surface area contributed by atoms with Gasteiger partial charge >= 0.3 is 8.56 Å². The highest BCUT2D eigenvalue weighted by atomic mass is 28.4. The Balaban J connectivity index is 3.19. The van der Waals surface area contributed by atoms with Crippen molar-refractivity contribution in [3.63, 3.8) is 0 Å². The first-order chi connectivity index (χ1) is 5.62. The summed E-state index contributed by atoms with van der Waals surface area (Å²) in [6.07, 6.45) is 2.35. The van der Waals surface area contributed by atoms with Crippen molar-refractivity contribution < 1.29 is 9.59 Å². The topological polar surface area (TPSA) is 52.5 Å². The molecule has 0 aliphatic heterocycles. The van der Waals surface area contributed by atoms with Crippen molar-refractivity contribution in [1.82, 2.24) is 5.32 Å². The summed E-state index contributed by atoms with van der Waals surface area (Å²) in [6, 6.07) is 1.08. The van der Waals surface area contributed by atoms with E-state index in [1.165, 1.54) is 6.42 Å². The van der Waals surface area contributed by atoms with Crippen LogP contribution in [0.4, 0.5) is 0 Å². The maximum Gasteiger partial charge on any atom is 0.333 e. The minimum Gasteiger partial charge on any atom is -0.411 e. The first kappa shape index (κ1) is 12.1. The Bertz CT molecular complexity index is 109. The van der Waals surface area contributed by atoms with E-state index >= 15 is 0 Å². The van der Waals surface area contributed by atoms with Gasteiger partial charge in [0.15, 0.2) is 0 Å². The molecule has 74 valence electrons. The number of rotatable bonds is 7. The lowest BCUT2D eigenvalue weighted by Gasteiger charge is -2.15. The Kier molecular flexibility index (Phi) is 6.65. The molecule has 0 aromatic carbocycles. The van der Waals surface area contributed by atoms with Gasteiger partial charge < -0.3 is 14.9 Å². The second kappa shape index (κ2) is 6.60. The average molecular weight is 191 g/mol. The van der Waals surface area contributed by atoms with Gasteiger partial charge in [-0.15, -0.1) is 0 Å². The number of hydrogen-bond donors (Lipinski definition) is 3. The van der Waals surface area contributed by atoms with E-state index in [1.807, 2.05) is 6.92 Å². The minimum absolute atomic E-state index is 0.530. The van der Waals surface area contributed by atoms with E-state index in [2.05, 4.69) is 12.2 Å². The summed E-state index contributed by atoms with van der Waals surface area (Å²) in [5, 5.41) is 3.19. The highest BCUT2D eigenvalue weighted by molar-refractivity contribution is 6.64. The van der Waals surface area contributed by atoms with Crippen molar-refractivity contribution in [1.29, 1.82) is 0 Å². The average Bonchev–Trinajstić information content (AvgIpc) is 2.04. The lowest BCUT2D eigenvalue weighted by atomic mass is 10.3. The number of unbranched alkanes of at least 4 members (excludes halogenated alkanes) is 1. The van der Waals surface area contributed by atoms with E-state index in [-0.39, 0.29) is 0 Å². The molecular formula is C8H21NO2Si. The van der Waals surface area contributed by atoms with Crippen molar-refractivity contribution in [2.24, 2.45) is 0 Å². The summed E-state index contributed by atoms with van der Waals surface area (Å²) in [5.41, 5.74) is 0. The second-order valence-electron chi connectivity index (χ2n) is 3.19.